The van der Waals surface area contributed by atoms with E-state index in [1.807, 2.05) is 72.0 Å². The van der Waals surface area contributed by atoms with E-state index in [-0.39, 0.29) is 0 Å². The number of benzene rings is 6. The molecule has 206 valence electrons. The number of aromatic nitrogens is 1. The molecular weight excluding hydrogens is 561 g/mol. The van der Waals surface area contributed by atoms with Gasteiger partial charge in [0.05, 0.1) is 0 Å². The van der Waals surface area contributed by atoms with Crippen molar-refractivity contribution in [1.82, 2.24) is 4.98 Å². The van der Waals surface area contributed by atoms with Crippen molar-refractivity contribution in [2.24, 2.45) is 0 Å². The van der Waals surface area contributed by atoms with Gasteiger partial charge >= 0.3 is 213 Å². The van der Waals surface area contributed by atoms with Crippen molar-refractivity contribution in [1.29, 1.82) is 0 Å². The standard InChI is InChI=1S/C39H28NOPS/c41-42(30-11-3-1-4-12-30,31-13-5-2-6-14-31)32-25-23-28(24-26-32)27-19-21-29(22-20-27)38-39-37(33-15-7-9-17-35(33)40-38)34-16-8-10-18-36(34)43-39/h1-26,41-42H. The Morgan fingerprint density at radius 1 is 0.465 bits per heavy atom. The van der Waals surface area contributed by atoms with Crippen molar-refractivity contribution >= 4 is 65.8 Å². The summed E-state index contributed by atoms with van der Waals surface area (Å²) in [6.45, 7) is 0. The second kappa shape index (κ2) is 10.6. The topological polar surface area (TPSA) is 33.1 Å². The Morgan fingerprint density at radius 3 is 1.60 bits per heavy atom. The van der Waals surface area contributed by atoms with E-state index in [9.17, 15) is 4.89 Å². The van der Waals surface area contributed by atoms with Crippen molar-refractivity contribution < 1.29 is 4.89 Å². The number of nitrogens with zero attached hydrogens (tertiary/aromatic N) is 1. The van der Waals surface area contributed by atoms with Gasteiger partial charge in [0.2, 0.25) is 0 Å². The average Bonchev–Trinajstić information content (AvgIpc) is 3.49. The number of hydrogen-bond acceptors (Lipinski definition) is 3. The monoisotopic (exact) mass is 589 g/mol. The average molecular weight is 590 g/mol. The molecule has 2 nitrogen and oxygen atoms in total. The molecule has 2 aromatic heterocycles. The first-order chi connectivity index (χ1) is 21.2. The van der Waals surface area contributed by atoms with Gasteiger partial charge in [-0.3, -0.25) is 0 Å². The molecule has 0 amide bonds. The zero-order valence-corrected chi connectivity index (χ0v) is 25.1. The molecule has 0 spiro atoms. The second-order valence-corrected chi connectivity index (χ2v) is 15.1. The Bertz CT molecular complexity index is 2190. The Morgan fingerprint density at radius 2 is 0.953 bits per heavy atom. The molecule has 0 atom stereocenters. The molecule has 0 saturated heterocycles. The van der Waals surface area contributed by atoms with Gasteiger partial charge in [-0.2, -0.15) is 0 Å². The minimum absolute atomic E-state index is 0.970. The van der Waals surface area contributed by atoms with Crippen LogP contribution in [0.2, 0.25) is 0 Å². The zero-order chi connectivity index (χ0) is 28.8. The molecule has 0 aliphatic carbocycles. The third-order valence-electron chi connectivity index (χ3n) is 8.39. The van der Waals surface area contributed by atoms with E-state index in [1.54, 1.807) is 0 Å². The van der Waals surface area contributed by atoms with Gasteiger partial charge in [-0.05, 0) is 6.07 Å². The summed E-state index contributed by atoms with van der Waals surface area (Å²) in [5, 5.41) is 6.70. The van der Waals surface area contributed by atoms with E-state index in [2.05, 4.69) is 97.1 Å². The number of thiophene rings is 1. The third kappa shape index (κ3) is 4.37. The quantitative estimate of drug-likeness (QED) is 0.204. The maximum atomic E-state index is 12.3. The van der Waals surface area contributed by atoms with Crippen LogP contribution in [0.5, 0.6) is 0 Å². The minimum atomic E-state index is -3.12. The fourth-order valence-corrected chi connectivity index (χ4v) is 10.4. The molecule has 0 bridgehead atoms. The van der Waals surface area contributed by atoms with Crippen molar-refractivity contribution in [3.8, 4) is 22.4 Å². The third-order valence-corrected chi connectivity index (χ3v) is 13.1. The fraction of sp³-hybridized carbons (Fsp3) is 0. The first-order valence-corrected chi connectivity index (χ1v) is 17.2. The molecule has 0 unspecified atom stereocenters. The zero-order valence-electron chi connectivity index (χ0n) is 23.3. The van der Waals surface area contributed by atoms with Gasteiger partial charge < -0.3 is 0 Å². The van der Waals surface area contributed by atoms with Crippen molar-refractivity contribution in [3.05, 3.63) is 158 Å². The molecule has 2 heterocycles. The number of rotatable bonds is 5. The molecule has 0 aliphatic heterocycles. The summed E-state index contributed by atoms with van der Waals surface area (Å²) in [6.07, 6.45) is 0. The normalized spacial score (nSPS) is 12.2. The molecule has 8 rings (SSSR count). The van der Waals surface area contributed by atoms with Gasteiger partial charge in [0.15, 0.2) is 0 Å². The van der Waals surface area contributed by atoms with Crippen LogP contribution < -0.4 is 15.9 Å². The first kappa shape index (κ1) is 26.0. The van der Waals surface area contributed by atoms with E-state index in [0.29, 0.717) is 0 Å². The summed E-state index contributed by atoms with van der Waals surface area (Å²) in [5.74, 6) is 0. The molecule has 0 aliphatic rings. The van der Waals surface area contributed by atoms with E-state index >= 15 is 0 Å². The molecule has 0 fully saturated rings. The van der Waals surface area contributed by atoms with Crippen molar-refractivity contribution in [3.63, 3.8) is 0 Å². The molecule has 4 heteroatoms. The van der Waals surface area contributed by atoms with Crippen LogP contribution in [0, 0.1) is 0 Å². The van der Waals surface area contributed by atoms with E-state index in [0.717, 1.165) is 43.8 Å². The number of para-hydroxylation sites is 1. The van der Waals surface area contributed by atoms with E-state index in [4.69, 9.17) is 4.98 Å². The number of pyridine rings is 1. The Hall–Kier alpha value is -4.66. The maximum absolute atomic E-state index is 12.3. The van der Waals surface area contributed by atoms with Gasteiger partial charge in [0, 0.05) is 0 Å². The molecule has 0 radical (unpaired) electrons. The van der Waals surface area contributed by atoms with Crippen LogP contribution >= 0.6 is 18.8 Å². The first-order valence-electron chi connectivity index (χ1n) is 14.4. The van der Waals surface area contributed by atoms with Gasteiger partial charge in [0.25, 0.3) is 0 Å². The molecular formula is C39H28NOPS. The number of fused-ring (bicyclic) bond motifs is 5. The summed E-state index contributed by atoms with van der Waals surface area (Å²) < 4.78 is 2.51. The summed E-state index contributed by atoms with van der Waals surface area (Å²) in [7, 11) is -3.12. The van der Waals surface area contributed by atoms with Crippen LogP contribution in [-0.2, 0) is 0 Å². The number of hydrogen-bond donors (Lipinski definition) is 1. The molecule has 1 N–H and O–H groups in total. The molecule has 6 aromatic carbocycles. The van der Waals surface area contributed by atoms with Crippen LogP contribution in [0.25, 0.3) is 53.5 Å². The summed E-state index contributed by atoms with van der Waals surface area (Å²) in [5.41, 5.74) is 5.40. The predicted octanol–water partition coefficient (Wildman–Crippen LogP) is 8.87. The van der Waals surface area contributed by atoms with Crippen LogP contribution in [0.4, 0.5) is 0 Å². The van der Waals surface area contributed by atoms with Crippen LogP contribution in [-0.4, -0.2) is 9.88 Å². The summed E-state index contributed by atoms with van der Waals surface area (Å²) >= 11 is 1.82. The molecule has 8 aromatic rings. The van der Waals surface area contributed by atoms with Gasteiger partial charge in [-0.1, -0.05) is 36.4 Å². The summed E-state index contributed by atoms with van der Waals surface area (Å²) in [4.78, 5) is 17.5. The van der Waals surface area contributed by atoms with Gasteiger partial charge in [-0.15, -0.1) is 0 Å². The fourth-order valence-electron chi connectivity index (χ4n) is 6.21. The van der Waals surface area contributed by atoms with E-state index < -0.39 is 7.49 Å². The van der Waals surface area contributed by atoms with Crippen molar-refractivity contribution in [2.45, 2.75) is 0 Å². The Kier molecular flexibility index (Phi) is 6.39. The second-order valence-electron chi connectivity index (χ2n) is 10.9. The summed E-state index contributed by atoms with van der Waals surface area (Å²) in [6, 6.07) is 54.4. The Labute approximate surface area is 255 Å². The predicted molar refractivity (Wildman–Crippen MR) is 188 cm³/mol. The van der Waals surface area contributed by atoms with Gasteiger partial charge in [-0.25, -0.2) is 0 Å². The molecule has 43 heavy (non-hydrogen) atoms. The molecule has 0 saturated carbocycles. The van der Waals surface area contributed by atoms with Crippen LogP contribution in [0.1, 0.15) is 0 Å². The van der Waals surface area contributed by atoms with Crippen LogP contribution in [0.3, 0.4) is 0 Å². The van der Waals surface area contributed by atoms with E-state index in [1.165, 1.54) is 25.6 Å². The van der Waals surface area contributed by atoms with Crippen molar-refractivity contribution in [2.75, 3.05) is 0 Å². The van der Waals surface area contributed by atoms with Gasteiger partial charge in [0.1, 0.15) is 0 Å². The Balaban J connectivity index is 1.19. The van der Waals surface area contributed by atoms with Crippen LogP contribution in [0.15, 0.2) is 158 Å². The SMILES string of the molecule is O[PH](c1ccccc1)(c1ccccc1)c1ccc(-c2ccc(-c3nc4ccccc4c4c3sc3ccccc34)cc2)cc1.